The summed E-state index contributed by atoms with van der Waals surface area (Å²) in [5.74, 6) is 0.270. The molecule has 0 unspecified atom stereocenters. The molecule has 2 aromatic heterocycles. The third-order valence-corrected chi connectivity index (χ3v) is 5.74. The number of halogens is 3. The van der Waals surface area contributed by atoms with Crippen LogP contribution in [0, 0.1) is 12.8 Å². The molecule has 2 aliphatic rings. The van der Waals surface area contributed by atoms with Crippen LogP contribution in [0.1, 0.15) is 61.5 Å². The molecule has 5 nitrogen and oxygen atoms in total. The van der Waals surface area contributed by atoms with Gasteiger partial charge in [0.1, 0.15) is 5.69 Å². The van der Waals surface area contributed by atoms with Gasteiger partial charge in [-0.05, 0) is 32.3 Å². The predicted octanol–water partition coefficient (Wildman–Crippen LogP) is 3.95. The zero-order chi connectivity index (χ0) is 19.2. The number of fused-ring (bicyclic) bond motifs is 1. The van der Waals surface area contributed by atoms with Crippen LogP contribution in [0.5, 0.6) is 0 Å². The van der Waals surface area contributed by atoms with Gasteiger partial charge in [-0.15, -0.1) is 0 Å². The van der Waals surface area contributed by atoms with Gasteiger partial charge in [-0.3, -0.25) is 4.79 Å². The van der Waals surface area contributed by atoms with E-state index < -0.39 is 11.9 Å². The van der Waals surface area contributed by atoms with Gasteiger partial charge < -0.3 is 4.90 Å². The molecule has 8 heteroatoms. The minimum absolute atomic E-state index is 0.0411. The zero-order valence-corrected chi connectivity index (χ0v) is 15.3. The Morgan fingerprint density at radius 1 is 1.15 bits per heavy atom. The lowest BCUT2D eigenvalue weighted by molar-refractivity contribution is -0.142. The zero-order valence-electron chi connectivity index (χ0n) is 15.3. The predicted molar refractivity (Wildman–Crippen MR) is 93.2 cm³/mol. The highest BCUT2D eigenvalue weighted by atomic mass is 19.4. The van der Waals surface area contributed by atoms with Crippen molar-refractivity contribution >= 4 is 11.6 Å². The molecule has 2 aromatic rings. The fourth-order valence-electron chi connectivity index (χ4n) is 4.33. The number of hydrogen-bond acceptors (Lipinski definition) is 3. The SMILES string of the molecule is Cc1cc(C(F)(F)F)n2nc([C@@H]3CCN(C(=O)C4CCCCC4)C3)cc2n1. The monoisotopic (exact) mass is 380 g/mol. The van der Waals surface area contributed by atoms with Gasteiger partial charge in [-0.2, -0.15) is 18.3 Å². The van der Waals surface area contributed by atoms with Gasteiger partial charge in [0.05, 0.1) is 5.69 Å². The Morgan fingerprint density at radius 3 is 2.59 bits per heavy atom. The second kappa shape index (κ2) is 6.80. The molecule has 4 rings (SSSR count). The minimum Gasteiger partial charge on any atom is -0.342 e. The Bertz CT molecular complexity index is 854. The maximum atomic E-state index is 13.3. The van der Waals surface area contributed by atoms with E-state index in [0.29, 0.717) is 24.5 Å². The molecule has 1 aliphatic carbocycles. The van der Waals surface area contributed by atoms with E-state index in [1.807, 2.05) is 4.90 Å². The lowest BCUT2D eigenvalue weighted by Crippen LogP contribution is -2.35. The van der Waals surface area contributed by atoms with Gasteiger partial charge in [0.15, 0.2) is 5.65 Å². The first-order valence-corrected chi connectivity index (χ1v) is 9.56. The van der Waals surface area contributed by atoms with Crippen molar-refractivity contribution in [3.05, 3.63) is 29.2 Å². The van der Waals surface area contributed by atoms with Gasteiger partial charge >= 0.3 is 6.18 Å². The fraction of sp³-hybridized carbons (Fsp3) is 0.632. The summed E-state index contributed by atoms with van der Waals surface area (Å²) < 4.78 is 40.8. The van der Waals surface area contributed by atoms with Gasteiger partial charge in [0.25, 0.3) is 0 Å². The van der Waals surface area contributed by atoms with E-state index in [1.165, 1.54) is 6.42 Å². The molecule has 1 atom stereocenters. The Balaban J connectivity index is 1.56. The third-order valence-electron chi connectivity index (χ3n) is 5.74. The van der Waals surface area contributed by atoms with E-state index in [2.05, 4.69) is 10.1 Å². The number of aromatic nitrogens is 3. The van der Waals surface area contributed by atoms with Gasteiger partial charge in [0.2, 0.25) is 5.91 Å². The number of likely N-dealkylation sites (tertiary alicyclic amines) is 1. The summed E-state index contributed by atoms with van der Waals surface area (Å²) in [6.45, 7) is 2.72. The van der Waals surface area contributed by atoms with Crippen molar-refractivity contribution in [2.75, 3.05) is 13.1 Å². The standard InChI is InChI=1S/C19H23F3N4O/c1-12-9-16(19(20,21)22)26-17(23-12)10-15(24-26)14-7-8-25(11-14)18(27)13-5-3-2-4-6-13/h9-10,13-14H,2-8,11H2,1H3/t14-/m1/s1. The Hall–Kier alpha value is -2.12. The first kappa shape index (κ1) is 18.3. The lowest BCUT2D eigenvalue weighted by Gasteiger charge is -2.26. The molecule has 1 aliphatic heterocycles. The van der Waals surface area contributed by atoms with Crippen LogP contribution in [0.25, 0.3) is 5.65 Å². The maximum absolute atomic E-state index is 13.3. The van der Waals surface area contributed by atoms with Crippen molar-refractivity contribution in [1.82, 2.24) is 19.5 Å². The van der Waals surface area contributed by atoms with Crippen LogP contribution in [0.2, 0.25) is 0 Å². The molecule has 0 bridgehead atoms. The van der Waals surface area contributed by atoms with E-state index >= 15 is 0 Å². The summed E-state index contributed by atoms with van der Waals surface area (Å²) in [4.78, 5) is 18.8. The van der Waals surface area contributed by atoms with E-state index in [1.54, 1.807) is 13.0 Å². The van der Waals surface area contributed by atoms with Crippen molar-refractivity contribution in [3.8, 4) is 0 Å². The van der Waals surface area contributed by atoms with Crippen molar-refractivity contribution in [2.24, 2.45) is 5.92 Å². The Morgan fingerprint density at radius 2 is 1.89 bits per heavy atom. The number of amides is 1. The number of carbonyl (C=O) groups is 1. The molecule has 2 fully saturated rings. The van der Waals surface area contributed by atoms with E-state index in [4.69, 9.17) is 0 Å². The van der Waals surface area contributed by atoms with Crippen LogP contribution in [0.3, 0.4) is 0 Å². The van der Waals surface area contributed by atoms with E-state index in [9.17, 15) is 18.0 Å². The highest BCUT2D eigenvalue weighted by molar-refractivity contribution is 5.79. The highest BCUT2D eigenvalue weighted by Crippen LogP contribution is 2.33. The van der Waals surface area contributed by atoms with Crippen LogP contribution in [0.4, 0.5) is 13.2 Å². The number of carbonyl (C=O) groups excluding carboxylic acids is 1. The van der Waals surface area contributed by atoms with Gasteiger partial charge in [-0.1, -0.05) is 19.3 Å². The quantitative estimate of drug-likeness (QED) is 0.793. The molecule has 0 N–H and O–H groups in total. The smallest absolute Gasteiger partial charge is 0.342 e. The molecule has 1 saturated heterocycles. The normalized spacial score (nSPS) is 21.9. The molecule has 1 amide bonds. The fourth-order valence-corrected chi connectivity index (χ4v) is 4.33. The highest BCUT2D eigenvalue weighted by Gasteiger charge is 2.36. The van der Waals surface area contributed by atoms with Crippen LogP contribution < -0.4 is 0 Å². The molecule has 146 valence electrons. The summed E-state index contributed by atoms with van der Waals surface area (Å²) in [5, 5.41) is 4.20. The second-order valence-corrected chi connectivity index (χ2v) is 7.72. The third kappa shape index (κ3) is 3.53. The van der Waals surface area contributed by atoms with Crippen molar-refractivity contribution in [2.45, 2.75) is 57.5 Å². The van der Waals surface area contributed by atoms with Crippen molar-refractivity contribution in [1.29, 1.82) is 0 Å². The molecule has 1 saturated carbocycles. The van der Waals surface area contributed by atoms with Crippen LogP contribution >= 0.6 is 0 Å². The summed E-state index contributed by atoms with van der Waals surface area (Å²) in [7, 11) is 0. The molecular weight excluding hydrogens is 357 g/mol. The van der Waals surface area contributed by atoms with Crippen molar-refractivity contribution < 1.29 is 18.0 Å². The number of hydrogen-bond donors (Lipinski definition) is 0. The summed E-state index contributed by atoms with van der Waals surface area (Å²) in [5.41, 5.74) is 0.276. The number of alkyl halides is 3. The molecular formula is C19H23F3N4O. The minimum atomic E-state index is -4.49. The lowest BCUT2D eigenvalue weighted by atomic mass is 9.88. The van der Waals surface area contributed by atoms with Crippen LogP contribution in [0.15, 0.2) is 12.1 Å². The molecule has 3 heterocycles. The van der Waals surface area contributed by atoms with E-state index in [0.717, 1.165) is 42.7 Å². The summed E-state index contributed by atoms with van der Waals surface area (Å²) >= 11 is 0. The van der Waals surface area contributed by atoms with Gasteiger partial charge in [0, 0.05) is 36.7 Å². The summed E-state index contributed by atoms with van der Waals surface area (Å²) in [6, 6.07) is 2.64. The average Bonchev–Trinajstić information content (AvgIpc) is 3.27. The second-order valence-electron chi connectivity index (χ2n) is 7.72. The first-order chi connectivity index (χ1) is 12.8. The number of nitrogens with zero attached hydrogens (tertiary/aromatic N) is 4. The Labute approximate surface area is 155 Å². The number of aryl methyl sites for hydroxylation is 1. The molecule has 27 heavy (non-hydrogen) atoms. The van der Waals surface area contributed by atoms with Crippen LogP contribution in [-0.4, -0.2) is 38.5 Å². The molecule has 0 spiro atoms. The summed E-state index contributed by atoms with van der Waals surface area (Å²) in [6.07, 6.45) is 1.54. The number of rotatable bonds is 2. The largest absolute Gasteiger partial charge is 0.433 e. The first-order valence-electron chi connectivity index (χ1n) is 9.56. The topological polar surface area (TPSA) is 50.5 Å². The van der Waals surface area contributed by atoms with Crippen molar-refractivity contribution in [3.63, 3.8) is 0 Å². The Kier molecular flexibility index (Phi) is 4.60. The molecule has 0 radical (unpaired) electrons. The van der Waals surface area contributed by atoms with E-state index in [-0.39, 0.29) is 23.4 Å². The molecule has 0 aromatic carbocycles. The van der Waals surface area contributed by atoms with Crippen LogP contribution in [-0.2, 0) is 11.0 Å². The van der Waals surface area contributed by atoms with Gasteiger partial charge in [-0.25, -0.2) is 9.50 Å². The average molecular weight is 380 g/mol. The maximum Gasteiger partial charge on any atom is 0.433 e.